The predicted molar refractivity (Wildman–Crippen MR) is 85.6 cm³/mol. The molecule has 0 aliphatic carbocycles. The first-order valence-electron chi connectivity index (χ1n) is 7.51. The topological polar surface area (TPSA) is 173 Å². The van der Waals surface area contributed by atoms with E-state index in [0.717, 1.165) is 0 Å². The highest BCUT2D eigenvalue weighted by molar-refractivity contribution is 6.04. The van der Waals surface area contributed by atoms with Crippen molar-refractivity contribution < 1.29 is 24.5 Å². The fraction of sp³-hybridized carbons (Fsp3) is 0.214. The molecule has 1 atom stereocenters. The summed E-state index contributed by atoms with van der Waals surface area (Å²) in [7, 11) is 0. The Morgan fingerprint density at radius 3 is 2.62 bits per heavy atom. The standard InChI is InChI=1S/C14H13N5O7/c20-10-9(11(21)17-13(23)16-10)19(24)18-6-1-2-8-7(5-6)14(12(22)15-8)25-3-4-26-14/h1-2,5,18-19H,3-4H2,(H,15,22)(H3,16,17,20,21,23). The van der Waals surface area contributed by atoms with Crippen molar-refractivity contribution in [2.75, 3.05) is 24.0 Å². The van der Waals surface area contributed by atoms with Crippen molar-refractivity contribution in [1.82, 2.24) is 9.97 Å². The van der Waals surface area contributed by atoms with Gasteiger partial charge in [0.2, 0.25) is 0 Å². The molecular formula is C14H13N5O7. The third-order valence-corrected chi connectivity index (χ3v) is 4.02. The van der Waals surface area contributed by atoms with Crippen molar-refractivity contribution in [2.24, 2.45) is 0 Å². The van der Waals surface area contributed by atoms with Crippen LogP contribution in [0.3, 0.4) is 0 Å². The van der Waals surface area contributed by atoms with E-state index in [0.29, 0.717) is 11.3 Å². The molecule has 3 heterocycles. The summed E-state index contributed by atoms with van der Waals surface area (Å²) in [6.45, 7) is 0.480. The summed E-state index contributed by atoms with van der Waals surface area (Å²) in [5.74, 6) is -2.88. The lowest BCUT2D eigenvalue weighted by Crippen LogP contribution is -3.06. The van der Waals surface area contributed by atoms with Crippen LogP contribution in [0, 0.1) is 5.21 Å². The SMILES string of the molecule is O=C1Nc2ccc(N[NH+]([O-])c3c(O)[nH]c(=O)[nH]c3=O)cc2C12OCCO2. The molecule has 12 heteroatoms. The predicted octanol–water partition coefficient (Wildman–Crippen LogP) is -2.04. The van der Waals surface area contributed by atoms with Gasteiger partial charge in [-0.05, 0) is 18.2 Å². The minimum Gasteiger partial charge on any atom is -0.602 e. The third-order valence-electron chi connectivity index (χ3n) is 4.02. The van der Waals surface area contributed by atoms with Gasteiger partial charge >= 0.3 is 11.2 Å². The van der Waals surface area contributed by atoms with Gasteiger partial charge < -0.3 is 25.1 Å². The molecule has 1 spiro atoms. The second-order valence-electron chi connectivity index (χ2n) is 5.61. The maximum Gasteiger partial charge on any atom is 0.328 e. The lowest BCUT2D eigenvalue weighted by molar-refractivity contribution is -0.751. The van der Waals surface area contributed by atoms with Crippen molar-refractivity contribution >= 4 is 23.0 Å². The van der Waals surface area contributed by atoms with Gasteiger partial charge in [0.25, 0.3) is 23.3 Å². The molecule has 1 saturated heterocycles. The molecule has 0 saturated carbocycles. The number of aromatic hydroxyl groups is 1. The number of amides is 1. The Labute approximate surface area is 143 Å². The fourth-order valence-electron chi connectivity index (χ4n) is 2.91. The number of anilines is 2. The minimum absolute atomic E-state index is 0.230. The number of fused-ring (bicyclic) bond motifs is 2. The van der Waals surface area contributed by atoms with Crippen molar-refractivity contribution in [2.45, 2.75) is 5.79 Å². The average Bonchev–Trinajstić information content (AvgIpc) is 3.15. The van der Waals surface area contributed by atoms with Crippen LogP contribution in [-0.2, 0) is 20.1 Å². The molecule has 2 aliphatic rings. The molecular weight excluding hydrogens is 350 g/mol. The number of carbonyl (C=O) groups excluding carboxylic acids is 1. The number of hydrogen-bond acceptors (Lipinski definition) is 8. The van der Waals surface area contributed by atoms with E-state index in [1.165, 1.54) is 12.1 Å². The van der Waals surface area contributed by atoms with E-state index in [4.69, 9.17) is 9.47 Å². The molecule has 0 bridgehead atoms. The van der Waals surface area contributed by atoms with E-state index in [2.05, 4.69) is 10.7 Å². The summed E-state index contributed by atoms with van der Waals surface area (Å²) >= 11 is 0. The Kier molecular flexibility index (Phi) is 3.55. The van der Waals surface area contributed by atoms with E-state index in [1.807, 2.05) is 9.97 Å². The minimum atomic E-state index is -1.56. The molecule has 4 rings (SSSR count). The summed E-state index contributed by atoms with van der Waals surface area (Å²) in [6, 6.07) is 4.49. The first-order chi connectivity index (χ1) is 12.4. The van der Waals surface area contributed by atoms with Crippen LogP contribution in [0.15, 0.2) is 27.8 Å². The summed E-state index contributed by atoms with van der Waals surface area (Å²) in [5.41, 5.74) is 0.875. The van der Waals surface area contributed by atoms with E-state index < -0.39 is 39.7 Å². The molecule has 136 valence electrons. The van der Waals surface area contributed by atoms with E-state index in [1.54, 1.807) is 6.07 Å². The highest BCUT2D eigenvalue weighted by Gasteiger charge is 2.52. The Morgan fingerprint density at radius 1 is 1.19 bits per heavy atom. The largest absolute Gasteiger partial charge is 0.602 e. The quantitative estimate of drug-likeness (QED) is 0.338. The van der Waals surface area contributed by atoms with Gasteiger partial charge in [-0.3, -0.25) is 19.6 Å². The Morgan fingerprint density at radius 2 is 1.92 bits per heavy atom. The van der Waals surface area contributed by atoms with Gasteiger partial charge in [-0.2, -0.15) is 0 Å². The molecule has 2 aliphatic heterocycles. The van der Waals surface area contributed by atoms with Gasteiger partial charge in [-0.25, -0.2) is 15.4 Å². The molecule has 1 fully saturated rings. The summed E-state index contributed by atoms with van der Waals surface area (Å²) in [5, 5.41) is 23.6. The second-order valence-corrected chi connectivity index (χ2v) is 5.61. The highest BCUT2D eigenvalue weighted by atomic mass is 16.7. The van der Waals surface area contributed by atoms with Crippen molar-refractivity contribution in [1.29, 1.82) is 0 Å². The molecule has 6 N–H and O–H groups in total. The number of ether oxygens (including phenoxy) is 2. The number of hydrogen-bond donors (Lipinski definition) is 6. The molecule has 1 aromatic heterocycles. The number of quaternary nitrogens is 1. The first-order valence-corrected chi connectivity index (χ1v) is 7.51. The van der Waals surface area contributed by atoms with Gasteiger partial charge in [0.15, 0.2) is 0 Å². The van der Waals surface area contributed by atoms with Crippen LogP contribution in [0.1, 0.15) is 5.56 Å². The molecule has 1 aromatic carbocycles. The zero-order chi connectivity index (χ0) is 18.5. The van der Waals surface area contributed by atoms with Gasteiger partial charge in [-0.15, -0.1) is 0 Å². The van der Waals surface area contributed by atoms with Crippen molar-refractivity contribution in [3.05, 3.63) is 49.8 Å². The van der Waals surface area contributed by atoms with E-state index in [9.17, 15) is 24.7 Å². The Bertz CT molecular complexity index is 1010. The maximum absolute atomic E-state index is 12.3. The molecule has 1 amide bonds. The number of aromatic amines is 2. The Balaban J connectivity index is 1.67. The first kappa shape index (κ1) is 16.3. The van der Waals surface area contributed by atoms with Crippen molar-refractivity contribution in [3.8, 4) is 5.88 Å². The van der Waals surface area contributed by atoms with Crippen molar-refractivity contribution in [3.63, 3.8) is 0 Å². The number of rotatable bonds is 3. The van der Waals surface area contributed by atoms with Crippen LogP contribution >= 0.6 is 0 Å². The zero-order valence-corrected chi connectivity index (χ0v) is 13.0. The zero-order valence-electron chi connectivity index (χ0n) is 13.0. The summed E-state index contributed by atoms with van der Waals surface area (Å²) in [4.78, 5) is 38.8. The number of benzene rings is 1. The molecule has 12 nitrogen and oxygen atoms in total. The van der Waals surface area contributed by atoms with Gasteiger partial charge in [0, 0.05) is 5.56 Å². The van der Waals surface area contributed by atoms with Crippen LogP contribution in [0.5, 0.6) is 5.88 Å². The molecule has 26 heavy (non-hydrogen) atoms. The van der Waals surface area contributed by atoms with Crippen LogP contribution in [0.4, 0.5) is 17.1 Å². The number of H-pyrrole nitrogens is 2. The lowest BCUT2D eigenvalue weighted by atomic mass is 10.1. The second kappa shape index (κ2) is 5.67. The van der Waals surface area contributed by atoms with E-state index >= 15 is 0 Å². The smallest absolute Gasteiger partial charge is 0.328 e. The number of carbonyl (C=O) groups is 1. The normalized spacial score (nSPS) is 18.6. The molecule has 1 unspecified atom stereocenters. The van der Waals surface area contributed by atoms with Gasteiger partial charge in [0.1, 0.15) is 0 Å². The van der Waals surface area contributed by atoms with E-state index in [-0.39, 0.29) is 18.9 Å². The molecule has 2 aromatic rings. The number of aromatic nitrogens is 2. The van der Waals surface area contributed by atoms with Crippen LogP contribution in [-0.4, -0.2) is 34.2 Å². The average molecular weight is 363 g/mol. The van der Waals surface area contributed by atoms with Crippen LogP contribution in [0.25, 0.3) is 0 Å². The maximum atomic E-state index is 12.3. The number of nitrogens with one attached hydrogen (secondary N) is 5. The summed E-state index contributed by atoms with van der Waals surface area (Å²) in [6.07, 6.45) is 0. The third kappa shape index (κ3) is 2.36. The highest BCUT2D eigenvalue weighted by Crippen LogP contribution is 2.43. The lowest BCUT2D eigenvalue weighted by Gasteiger charge is -2.23. The monoisotopic (exact) mass is 363 g/mol. The summed E-state index contributed by atoms with van der Waals surface area (Å²) < 4.78 is 10.9. The van der Waals surface area contributed by atoms with Gasteiger partial charge in [0.05, 0.1) is 24.6 Å². The Hall–Kier alpha value is -3.19. The van der Waals surface area contributed by atoms with Crippen LogP contribution < -0.4 is 27.2 Å². The molecule has 0 radical (unpaired) electrons. The van der Waals surface area contributed by atoms with Crippen LogP contribution in [0.2, 0.25) is 0 Å². The van der Waals surface area contributed by atoms with Gasteiger partial charge in [-0.1, -0.05) is 0 Å². The fourth-order valence-corrected chi connectivity index (χ4v) is 2.91.